The van der Waals surface area contributed by atoms with Gasteiger partial charge in [0.25, 0.3) is 0 Å². The van der Waals surface area contributed by atoms with Crippen LogP contribution < -0.4 is 0 Å². The van der Waals surface area contributed by atoms with Gasteiger partial charge in [-0.1, -0.05) is 41.5 Å². The van der Waals surface area contributed by atoms with Gasteiger partial charge in [0.05, 0.1) is 11.1 Å². The maximum atomic E-state index is 15.1. The zero-order valence-electron chi connectivity index (χ0n) is 21.4. The molecular formula is C28H28F8S. The van der Waals surface area contributed by atoms with Crippen LogP contribution in [0.1, 0.15) is 78.4 Å². The molecule has 0 N–H and O–H groups in total. The Kier molecular flexibility index (Phi) is 8.18. The average Bonchev–Trinajstić information content (AvgIpc) is 3.35. The maximum absolute atomic E-state index is 15.1. The quantitative estimate of drug-likeness (QED) is 0.194. The summed E-state index contributed by atoms with van der Waals surface area (Å²) in [5.74, 6) is -12.9. The summed E-state index contributed by atoms with van der Waals surface area (Å²) in [7, 11) is 0. The monoisotopic (exact) mass is 548 g/mol. The fourth-order valence-corrected chi connectivity index (χ4v) is 5.64. The molecule has 2 aromatic carbocycles. The number of hydrogen-bond donors (Lipinski definition) is 0. The first kappa shape index (κ1) is 29.1. The lowest BCUT2D eigenvalue weighted by molar-refractivity contribution is 0.360. The summed E-state index contributed by atoms with van der Waals surface area (Å²) in [6, 6.07) is 1.98. The Morgan fingerprint density at radius 3 is 0.946 bits per heavy atom. The van der Waals surface area contributed by atoms with E-state index in [0.717, 1.165) is 12.1 Å². The summed E-state index contributed by atoms with van der Waals surface area (Å²) in [5.41, 5.74) is -5.92. The Morgan fingerprint density at radius 1 is 0.486 bits per heavy atom. The number of halogens is 8. The third-order valence-corrected chi connectivity index (χ3v) is 9.07. The summed E-state index contributed by atoms with van der Waals surface area (Å²) < 4.78 is 121. The van der Waals surface area contributed by atoms with Crippen LogP contribution in [0.3, 0.4) is 0 Å². The number of benzene rings is 2. The Bertz CT molecular complexity index is 1170. The molecule has 0 atom stereocenters. The first-order chi connectivity index (χ1) is 17.2. The molecule has 0 saturated carbocycles. The standard InChI is InChI=1S/C28H28F8S/c1-7-27(5,8-2)17-23(33)19(29)15(20(30)24(17)34)13-11-12-14(37-13)16-21(31)25(35)18(26(36)22(16)32)28(6,9-3)10-4/h11-12H,7-10H2,1-6H3. The van der Waals surface area contributed by atoms with Crippen LogP contribution in [0.2, 0.25) is 0 Å². The van der Waals surface area contributed by atoms with Gasteiger partial charge in [-0.3, -0.25) is 0 Å². The third-order valence-electron chi connectivity index (χ3n) is 7.95. The van der Waals surface area contributed by atoms with E-state index in [1.165, 1.54) is 13.8 Å². The molecule has 0 radical (unpaired) electrons. The number of hydrogen-bond acceptors (Lipinski definition) is 1. The van der Waals surface area contributed by atoms with E-state index in [4.69, 9.17) is 0 Å². The van der Waals surface area contributed by atoms with Gasteiger partial charge < -0.3 is 0 Å². The summed E-state index contributed by atoms with van der Waals surface area (Å²) in [6.07, 6.45) is 0.831. The molecule has 0 aliphatic rings. The normalized spacial score (nSPS) is 12.5. The van der Waals surface area contributed by atoms with Crippen molar-refractivity contribution in [2.45, 2.75) is 78.1 Å². The van der Waals surface area contributed by atoms with E-state index in [0.29, 0.717) is 11.3 Å². The van der Waals surface area contributed by atoms with Gasteiger partial charge in [0, 0.05) is 20.9 Å². The molecular weight excluding hydrogens is 520 g/mol. The summed E-state index contributed by atoms with van der Waals surface area (Å²) in [5, 5.41) is 0. The van der Waals surface area contributed by atoms with Gasteiger partial charge in [0.2, 0.25) is 0 Å². The Morgan fingerprint density at radius 2 is 0.730 bits per heavy atom. The van der Waals surface area contributed by atoms with Crippen molar-refractivity contribution in [3.8, 4) is 20.9 Å². The van der Waals surface area contributed by atoms with Crippen LogP contribution in [0.25, 0.3) is 20.9 Å². The summed E-state index contributed by atoms with van der Waals surface area (Å²) in [6.45, 7) is 9.50. The van der Waals surface area contributed by atoms with Crippen LogP contribution >= 0.6 is 11.3 Å². The first-order valence-corrected chi connectivity index (χ1v) is 12.9. The lowest BCUT2D eigenvalue weighted by Crippen LogP contribution is -2.25. The molecule has 0 saturated heterocycles. The predicted octanol–water partition coefficient (Wildman–Crippen LogP) is 10.4. The second kappa shape index (κ2) is 10.4. The highest BCUT2D eigenvalue weighted by Gasteiger charge is 2.38. The minimum absolute atomic E-state index is 0.208. The van der Waals surface area contributed by atoms with Crippen LogP contribution in [0.5, 0.6) is 0 Å². The Hall–Kier alpha value is -2.42. The zero-order chi connectivity index (χ0) is 28.0. The van der Waals surface area contributed by atoms with Gasteiger partial charge in [0.1, 0.15) is 0 Å². The summed E-state index contributed by atoms with van der Waals surface area (Å²) >= 11 is 0.354. The van der Waals surface area contributed by atoms with E-state index in [9.17, 15) is 0 Å². The SMILES string of the molecule is CCC(C)(CC)c1c(F)c(F)c(-c2ccc(-c3c(F)c(F)c(C(C)(CC)CC)c(F)c3F)s2)c(F)c1F. The van der Waals surface area contributed by atoms with Crippen LogP contribution in [-0.4, -0.2) is 0 Å². The molecule has 0 fully saturated rings. The highest BCUT2D eigenvalue weighted by Crippen LogP contribution is 2.46. The Balaban J connectivity index is 2.24. The molecule has 0 aliphatic heterocycles. The number of rotatable bonds is 8. The molecule has 3 aromatic rings. The van der Waals surface area contributed by atoms with Gasteiger partial charge >= 0.3 is 0 Å². The molecule has 0 nitrogen and oxygen atoms in total. The fourth-order valence-electron chi connectivity index (χ4n) is 4.57. The highest BCUT2D eigenvalue weighted by atomic mass is 32.1. The molecule has 0 bridgehead atoms. The molecule has 0 amide bonds. The van der Waals surface area contributed by atoms with Crippen molar-refractivity contribution in [3.63, 3.8) is 0 Å². The lowest BCUT2D eigenvalue weighted by Gasteiger charge is -2.29. The predicted molar refractivity (Wildman–Crippen MR) is 131 cm³/mol. The second-order valence-corrected chi connectivity index (χ2v) is 10.8. The van der Waals surface area contributed by atoms with Crippen molar-refractivity contribution in [2.24, 2.45) is 0 Å². The minimum Gasteiger partial charge on any atom is -0.203 e. The topological polar surface area (TPSA) is 0 Å². The van der Waals surface area contributed by atoms with E-state index in [1.54, 1.807) is 27.7 Å². The molecule has 1 aromatic heterocycles. The largest absolute Gasteiger partial charge is 0.203 e. The van der Waals surface area contributed by atoms with Gasteiger partial charge in [-0.25, -0.2) is 35.1 Å². The van der Waals surface area contributed by atoms with Crippen LogP contribution in [0, 0.1) is 46.5 Å². The average molecular weight is 549 g/mol. The van der Waals surface area contributed by atoms with Crippen molar-refractivity contribution >= 4 is 11.3 Å². The molecule has 37 heavy (non-hydrogen) atoms. The maximum Gasteiger partial charge on any atom is 0.170 e. The van der Waals surface area contributed by atoms with Gasteiger partial charge in [-0.2, -0.15) is 0 Å². The molecule has 0 aliphatic carbocycles. The van der Waals surface area contributed by atoms with Crippen molar-refractivity contribution in [3.05, 3.63) is 69.8 Å². The lowest BCUT2D eigenvalue weighted by atomic mass is 9.76. The van der Waals surface area contributed by atoms with Crippen LogP contribution in [0.4, 0.5) is 35.1 Å². The van der Waals surface area contributed by atoms with Gasteiger partial charge in [-0.05, 0) is 48.6 Å². The van der Waals surface area contributed by atoms with E-state index >= 15 is 35.1 Å². The van der Waals surface area contributed by atoms with Gasteiger partial charge in [0.15, 0.2) is 46.5 Å². The number of thiophene rings is 1. The van der Waals surface area contributed by atoms with Crippen molar-refractivity contribution < 1.29 is 35.1 Å². The van der Waals surface area contributed by atoms with Crippen molar-refractivity contribution in [1.29, 1.82) is 0 Å². The van der Waals surface area contributed by atoms with Crippen LogP contribution in [-0.2, 0) is 10.8 Å². The van der Waals surface area contributed by atoms with Crippen molar-refractivity contribution in [2.75, 3.05) is 0 Å². The van der Waals surface area contributed by atoms with E-state index in [2.05, 4.69) is 0 Å². The third kappa shape index (κ3) is 4.47. The van der Waals surface area contributed by atoms with E-state index in [-0.39, 0.29) is 25.7 Å². The van der Waals surface area contributed by atoms with E-state index in [1.807, 2.05) is 0 Å². The first-order valence-electron chi connectivity index (χ1n) is 12.1. The minimum atomic E-state index is -1.66. The molecule has 9 heteroatoms. The van der Waals surface area contributed by atoms with E-state index < -0.39 is 89.4 Å². The Labute approximate surface area is 215 Å². The van der Waals surface area contributed by atoms with Gasteiger partial charge in [-0.15, -0.1) is 11.3 Å². The highest BCUT2D eigenvalue weighted by molar-refractivity contribution is 7.18. The molecule has 0 unspecified atom stereocenters. The molecule has 1 heterocycles. The van der Waals surface area contributed by atoms with Crippen LogP contribution in [0.15, 0.2) is 12.1 Å². The smallest absolute Gasteiger partial charge is 0.170 e. The summed E-state index contributed by atoms with van der Waals surface area (Å²) in [4.78, 5) is -0.806. The zero-order valence-corrected chi connectivity index (χ0v) is 22.2. The molecule has 0 spiro atoms. The fraction of sp³-hybridized carbons (Fsp3) is 0.429. The van der Waals surface area contributed by atoms with Crippen molar-refractivity contribution in [1.82, 2.24) is 0 Å². The molecule has 3 rings (SSSR count). The second-order valence-electron chi connectivity index (χ2n) is 9.71. The molecule has 202 valence electrons.